The van der Waals surface area contributed by atoms with Crippen molar-refractivity contribution >= 4 is 53.2 Å². The van der Waals surface area contributed by atoms with E-state index in [9.17, 15) is 73.8 Å². The van der Waals surface area contributed by atoms with Gasteiger partial charge in [0.05, 0.1) is 25.9 Å². The minimum atomic E-state index is -2.28. The number of carbonyl (C=O) groups is 9. The Hall–Kier alpha value is -6.09. The van der Waals surface area contributed by atoms with E-state index in [0.29, 0.717) is 0 Å². The first kappa shape index (κ1) is 62.0. The Kier molecular flexibility index (Phi) is 27.0. The number of aliphatic hydroxyl groups excluding tert-OH is 6. The molecule has 11 atom stereocenters. The maximum Gasteiger partial charge on any atom is 0.332 e. The third-order valence-electron chi connectivity index (χ3n) is 11.7. The number of esters is 1. The summed E-state index contributed by atoms with van der Waals surface area (Å²) in [5.41, 5.74) is 1.41. The lowest BCUT2D eigenvalue weighted by Gasteiger charge is -2.32. The molecule has 404 valence electrons. The standard InChI is InChI=1S/C47H75N9O16/c1-8-10-11-12-13-14-15-27-16-18-28(19-17-27)39(63)49-21-31(59)37(61)35-45(69)54-34(26(6)58)43(67)50-22-32(60)42(66)56-36(47(71)72-7)46(70)51-29(20-48-38(62)25(5)9-2)40(64)52-30(23-57)41(65)53-33(24(3)4)44(68)55-35/h9,16-19,24,26,29-37,42,56-61,66H,8,10-15,20-23H2,1-7H3,(H,48,62)(H,49,63)(H,50,67)(H,51,70)(H,52,64)(H,53,65)(H,54,69)(H,55,68)/b25-9-/t26-,29+,30+,31?,32+,33+,34+,35?,36?,37?,42?/m1/s1. The van der Waals surface area contributed by atoms with Crippen LogP contribution in [-0.2, 0) is 49.5 Å². The number of benzene rings is 1. The van der Waals surface area contributed by atoms with Crippen LogP contribution < -0.4 is 47.9 Å². The molecule has 72 heavy (non-hydrogen) atoms. The number of hydrogen-bond acceptors (Lipinski definition) is 17. The molecule has 8 amide bonds. The van der Waals surface area contributed by atoms with E-state index in [2.05, 4.69) is 59.5 Å². The van der Waals surface area contributed by atoms with Crippen molar-refractivity contribution in [1.82, 2.24) is 47.9 Å². The van der Waals surface area contributed by atoms with Crippen LogP contribution in [0.25, 0.3) is 0 Å². The summed E-state index contributed by atoms with van der Waals surface area (Å²) in [5, 5.41) is 85.3. The van der Waals surface area contributed by atoms with Gasteiger partial charge in [0.2, 0.25) is 41.4 Å². The van der Waals surface area contributed by atoms with Gasteiger partial charge < -0.3 is 77.9 Å². The second-order valence-corrected chi connectivity index (χ2v) is 17.8. The van der Waals surface area contributed by atoms with Gasteiger partial charge in [0.25, 0.3) is 5.91 Å². The second-order valence-electron chi connectivity index (χ2n) is 17.8. The van der Waals surface area contributed by atoms with Crippen molar-refractivity contribution in [1.29, 1.82) is 0 Å². The molecular weight excluding hydrogens is 947 g/mol. The number of rotatable bonds is 19. The number of unbranched alkanes of at least 4 members (excludes halogenated alkanes) is 5. The quantitative estimate of drug-likeness (QED) is 0.0269. The summed E-state index contributed by atoms with van der Waals surface area (Å²) in [6.07, 6.45) is -1.37. The van der Waals surface area contributed by atoms with Crippen LogP contribution in [0.3, 0.4) is 0 Å². The van der Waals surface area contributed by atoms with Crippen LogP contribution in [0.5, 0.6) is 0 Å². The molecule has 5 unspecified atom stereocenters. The lowest BCUT2D eigenvalue weighted by molar-refractivity contribution is -0.150. The molecule has 1 aliphatic rings. The van der Waals surface area contributed by atoms with Crippen LogP contribution in [0, 0.1) is 5.92 Å². The summed E-state index contributed by atoms with van der Waals surface area (Å²) < 4.78 is 4.65. The van der Waals surface area contributed by atoms with E-state index in [4.69, 9.17) is 0 Å². The predicted octanol–water partition coefficient (Wildman–Crippen LogP) is -4.48. The Balaban J connectivity index is 2.55. The van der Waals surface area contributed by atoms with E-state index in [-0.39, 0.29) is 11.1 Å². The molecule has 2 rings (SSSR count). The lowest BCUT2D eigenvalue weighted by atomic mass is 9.99. The number of ether oxygens (including phenoxy) is 1. The van der Waals surface area contributed by atoms with E-state index in [1.54, 1.807) is 31.2 Å². The Morgan fingerprint density at radius 2 is 1.32 bits per heavy atom. The molecule has 1 saturated heterocycles. The fourth-order valence-corrected chi connectivity index (χ4v) is 7.03. The molecule has 1 heterocycles. The van der Waals surface area contributed by atoms with Gasteiger partial charge in [-0.3, -0.25) is 43.7 Å². The number of aryl methyl sites for hydroxylation is 1. The molecule has 1 aromatic carbocycles. The molecule has 0 aromatic heterocycles. The lowest BCUT2D eigenvalue weighted by Crippen LogP contribution is -2.66. The number of aliphatic hydroxyl groups is 6. The number of β-amino-alcohol motifs (C(OH)–C–C–N with tert-alkyl or cyclic N) is 1. The molecule has 15 N–H and O–H groups in total. The number of methoxy groups -OCH3 is 1. The highest BCUT2D eigenvalue weighted by atomic mass is 16.5. The largest absolute Gasteiger partial charge is 0.467 e. The predicted molar refractivity (Wildman–Crippen MR) is 258 cm³/mol. The molecule has 0 aliphatic carbocycles. The number of nitrogens with one attached hydrogen (secondary N) is 9. The maximum atomic E-state index is 14.0. The van der Waals surface area contributed by atoms with E-state index in [0.717, 1.165) is 51.7 Å². The van der Waals surface area contributed by atoms with E-state index >= 15 is 0 Å². The van der Waals surface area contributed by atoms with Gasteiger partial charge in [-0.15, -0.1) is 0 Å². The zero-order valence-corrected chi connectivity index (χ0v) is 41.9. The van der Waals surface area contributed by atoms with Gasteiger partial charge in [-0.2, -0.15) is 0 Å². The van der Waals surface area contributed by atoms with Gasteiger partial charge in [-0.1, -0.05) is 71.1 Å². The molecule has 0 radical (unpaired) electrons. The summed E-state index contributed by atoms with van der Waals surface area (Å²) in [7, 11) is 0.867. The van der Waals surface area contributed by atoms with Gasteiger partial charge in [-0.25, -0.2) is 4.79 Å². The normalized spacial score (nSPS) is 24.8. The third-order valence-corrected chi connectivity index (χ3v) is 11.7. The first-order valence-electron chi connectivity index (χ1n) is 23.9. The molecule has 1 aliphatic heterocycles. The Morgan fingerprint density at radius 1 is 0.750 bits per heavy atom. The monoisotopic (exact) mass is 1020 g/mol. The van der Waals surface area contributed by atoms with Crippen molar-refractivity contribution in [3.05, 3.63) is 47.0 Å². The van der Waals surface area contributed by atoms with Crippen molar-refractivity contribution in [3.63, 3.8) is 0 Å². The first-order valence-corrected chi connectivity index (χ1v) is 23.9. The summed E-state index contributed by atoms with van der Waals surface area (Å²) >= 11 is 0. The van der Waals surface area contributed by atoms with Crippen molar-refractivity contribution in [2.24, 2.45) is 5.92 Å². The zero-order valence-electron chi connectivity index (χ0n) is 41.9. The van der Waals surface area contributed by atoms with Crippen molar-refractivity contribution in [2.75, 3.05) is 33.4 Å². The van der Waals surface area contributed by atoms with Crippen molar-refractivity contribution in [3.8, 4) is 0 Å². The molecule has 1 fully saturated rings. The zero-order chi connectivity index (χ0) is 54.2. The molecule has 25 heteroatoms. The van der Waals surface area contributed by atoms with Crippen LogP contribution in [0.2, 0.25) is 0 Å². The second kappa shape index (κ2) is 31.4. The maximum absolute atomic E-state index is 14.0. The SMILES string of the molecule is C/C=C(/C)C(=O)NC[C@@H]1NC(=O)C(C(=O)OC)NC(O)[C@@H](O)CNC(=O)[C@H]([C@@H](C)O)NC(=O)C(C(O)C(O)CNC(=O)c2ccc(CCCCCCCC)cc2)NC(=O)[C@H](C(C)C)NC(=O)[C@H](CO)NC1=O. The fourth-order valence-electron chi connectivity index (χ4n) is 7.03. The minimum absolute atomic E-state index is 0.187. The first-order chi connectivity index (χ1) is 34.0. The average molecular weight is 1020 g/mol. The fraction of sp³-hybridized carbons (Fsp3) is 0.638. The van der Waals surface area contributed by atoms with Gasteiger partial charge in [0.15, 0.2) is 6.04 Å². The van der Waals surface area contributed by atoms with Crippen LogP contribution in [0.15, 0.2) is 35.9 Å². The van der Waals surface area contributed by atoms with Gasteiger partial charge in [0, 0.05) is 30.8 Å². The van der Waals surface area contributed by atoms with Gasteiger partial charge >= 0.3 is 5.97 Å². The van der Waals surface area contributed by atoms with Crippen molar-refractivity contribution in [2.45, 2.75) is 153 Å². The molecule has 0 saturated carbocycles. The van der Waals surface area contributed by atoms with Crippen LogP contribution in [-0.4, -0.2) is 184 Å². The third kappa shape index (κ3) is 19.8. The number of carbonyl (C=O) groups excluding carboxylic acids is 9. The Morgan fingerprint density at radius 3 is 1.90 bits per heavy atom. The minimum Gasteiger partial charge on any atom is -0.467 e. The highest BCUT2D eigenvalue weighted by Crippen LogP contribution is 2.13. The van der Waals surface area contributed by atoms with Crippen molar-refractivity contribution < 1.29 is 78.5 Å². The van der Waals surface area contributed by atoms with Crippen LogP contribution in [0.4, 0.5) is 0 Å². The smallest absolute Gasteiger partial charge is 0.332 e. The number of allylic oxidation sites excluding steroid dienone is 1. The highest BCUT2D eigenvalue weighted by molar-refractivity contribution is 6.04. The molecule has 25 nitrogen and oxygen atoms in total. The van der Waals surface area contributed by atoms with E-state index < -0.39 is 152 Å². The van der Waals surface area contributed by atoms with E-state index in [1.807, 2.05) is 0 Å². The Bertz CT molecular complexity index is 2020. The summed E-state index contributed by atoms with van der Waals surface area (Å²) in [6.45, 7) is 5.70. The summed E-state index contributed by atoms with van der Waals surface area (Å²) in [5.74, 6) is -11.2. The molecule has 0 bridgehead atoms. The van der Waals surface area contributed by atoms with E-state index in [1.165, 1.54) is 39.7 Å². The van der Waals surface area contributed by atoms with Gasteiger partial charge in [0.1, 0.15) is 48.6 Å². The van der Waals surface area contributed by atoms with Gasteiger partial charge in [-0.05, 0) is 57.2 Å². The molecule has 0 spiro atoms. The highest BCUT2D eigenvalue weighted by Gasteiger charge is 2.40. The van der Waals surface area contributed by atoms with Crippen LogP contribution >= 0.6 is 0 Å². The number of amides is 8. The number of hydrogen-bond donors (Lipinski definition) is 15. The molecule has 1 aromatic rings. The topological polar surface area (TPSA) is 393 Å². The summed E-state index contributed by atoms with van der Waals surface area (Å²) in [6, 6.07) is -4.94. The molecular formula is C47H75N9O16. The Labute approximate surface area is 418 Å². The summed E-state index contributed by atoms with van der Waals surface area (Å²) in [4.78, 5) is 121. The van der Waals surface area contributed by atoms with Crippen LogP contribution in [0.1, 0.15) is 96.0 Å². The average Bonchev–Trinajstić information content (AvgIpc) is 3.36.